The SMILES string of the molecule is CCCOc1cccc(C2c3c(oc4cc(C)c(Cl)cc4c3=O)C(=O)N2CCC)c1. The second kappa shape index (κ2) is 8.15. The van der Waals surface area contributed by atoms with Crippen molar-refractivity contribution in [2.24, 2.45) is 0 Å². The van der Waals surface area contributed by atoms with Crippen molar-refractivity contribution in [3.63, 3.8) is 0 Å². The largest absolute Gasteiger partial charge is 0.494 e. The summed E-state index contributed by atoms with van der Waals surface area (Å²) in [7, 11) is 0. The molecule has 2 heterocycles. The van der Waals surface area contributed by atoms with Crippen molar-refractivity contribution < 1.29 is 13.9 Å². The standard InChI is InChI=1S/C24H24ClNO4/c1-4-9-26-21(15-7-6-8-16(12-15)29-10-5-2)20-22(27)17-13-18(25)14(3)11-19(17)30-23(20)24(26)28/h6-8,11-13,21H,4-5,9-10H2,1-3H3. The van der Waals surface area contributed by atoms with Crippen LogP contribution in [0.25, 0.3) is 11.0 Å². The highest BCUT2D eigenvalue weighted by atomic mass is 35.5. The summed E-state index contributed by atoms with van der Waals surface area (Å²) in [5, 5.41) is 0.884. The fraction of sp³-hybridized carbons (Fsp3) is 0.333. The number of amides is 1. The van der Waals surface area contributed by atoms with Crippen LogP contribution in [-0.2, 0) is 0 Å². The Balaban J connectivity index is 1.93. The van der Waals surface area contributed by atoms with E-state index in [-0.39, 0.29) is 17.1 Å². The van der Waals surface area contributed by atoms with Crippen LogP contribution < -0.4 is 10.2 Å². The number of ether oxygens (including phenoxy) is 1. The summed E-state index contributed by atoms with van der Waals surface area (Å²) in [6, 6.07) is 10.4. The summed E-state index contributed by atoms with van der Waals surface area (Å²) in [6.45, 7) is 7.01. The predicted octanol–water partition coefficient (Wildman–Crippen LogP) is 5.50. The normalized spacial score (nSPS) is 15.7. The Bertz CT molecular complexity index is 1180. The van der Waals surface area contributed by atoms with E-state index >= 15 is 0 Å². The second-order valence-corrected chi connectivity index (χ2v) is 8.00. The molecule has 1 atom stereocenters. The van der Waals surface area contributed by atoms with E-state index in [0.717, 1.165) is 29.7 Å². The molecule has 1 aliphatic rings. The molecule has 1 aromatic heterocycles. The minimum atomic E-state index is -0.515. The van der Waals surface area contributed by atoms with E-state index in [4.69, 9.17) is 20.8 Å². The highest BCUT2D eigenvalue weighted by Crippen LogP contribution is 2.39. The van der Waals surface area contributed by atoms with E-state index in [1.807, 2.05) is 45.0 Å². The van der Waals surface area contributed by atoms with Gasteiger partial charge in [0.25, 0.3) is 5.91 Å². The molecule has 1 unspecified atom stereocenters. The first-order chi connectivity index (χ1) is 14.5. The topological polar surface area (TPSA) is 59.8 Å². The number of hydrogen-bond acceptors (Lipinski definition) is 4. The van der Waals surface area contributed by atoms with Crippen LogP contribution in [0.1, 0.15) is 60.0 Å². The molecule has 0 aliphatic carbocycles. The van der Waals surface area contributed by atoms with Crippen molar-refractivity contribution in [2.75, 3.05) is 13.2 Å². The summed E-state index contributed by atoms with van der Waals surface area (Å²) in [4.78, 5) is 28.4. The Labute approximate surface area is 180 Å². The first-order valence-electron chi connectivity index (χ1n) is 10.3. The van der Waals surface area contributed by atoms with Crippen LogP contribution in [0.4, 0.5) is 0 Å². The molecule has 0 radical (unpaired) electrons. The lowest BCUT2D eigenvalue weighted by molar-refractivity contribution is 0.0728. The molecule has 0 saturated heterocycles. The third-order valence-electron chi connectivity index (χ3n) is 5.36. The van der Waals surface area contributed by atoms with Gasteiger partial charge in [0, 0.05) is 11.6 Å². The predicted molar refractivity (Wildman–Crippen MR) is 118 cm³/mol. The number of rotatable bonds is 6. The third-order valence-corrected chi connectivity index (χ3v) is 5.77. The van der Waals surface area contributed by atoms with Crippen molar-refractivity contribution in [2.45, 2.75) is 39.7 Å². The highest BCUT2D eigenvalue weighted by Gasteiger charge is 2.42. The van der Waals surface area contributed by atoms with Gasteiger partial charge in [-0.3, -0.25) is 9.59 Å². The molecule has 0 fully saturated rings. The lowest BCUT2D eigenvalue weighted by atomic mass is 9.98. The molecule has 30 heavy (non-hydrogen) atoms. The van der Waals surface area contributed by atoms with Gasteiger partial charge in [0.05, 0.1) is 23.6 Å². The Morgan fingerprint density at radius 3 is 2.67 bits per heavy atom. The average molecular weight is 426 g/mol. The molecule has 1 aliphatic heterocycles. The molecule has 5 nitrogen and oxygen atoms in total. The highest BCUT2D eigenvalue weighted by molar-refractivity contribution is 6.32. The second-order valence-electron chi connectivity index (χ2n) is 7.59. The smallest absolute Gasteiger partial charge is 0.290 e. The molecular weight excluding hydrogens is 402 g/mol. The van der Waals surface area contributed by atoms with Crippen LogP contribution in [-0.4, -0.2) is 24.0 Å². The molecule has 0 spiro atoms. The Hall–Kier alpha value is -2.79. The fourth-order valence-corrected chi connectivity index (χ4v) is 4.12. The van der Waals surface area contributed by atoms with Crippen molar-refractivity contribution >= 4 is 28.5 Å². The zero-order valence-electron chi connectivity index (χ0n) is 17.3. The van der Waals surface area contributed by atoms with Crippen molar-refractivity contribution in [3.8, 4) is 5.75 Å². The maximum atomic E-state index is 13.5. The lowest BCUT2D eigenvalue weighted by Gasteiger charge is -2.25. The van der Waals surface area contributed by atoms with Gasteiger partial charge >= 0.3 is 0 Å². The van der Waals surface area contributed by atoms with E-state index in [2.05, 4.69) is 0 Å². The summed E-state index contributed by atoms with van der Waals surface area (Å²) >= 11 is 6.27. The lowest BCUT2D eigenvalue weighted by Crippen LogP contribution is -2.30. The van der Waals surface area contributed by atoms with Gasteiger partial charge in [0.1, 0.15) is 11.3 Å². The number of benzene rings is 2. The average Bonchev–Trinajstić information content (AvgIpc) is 3.01. The number of hydrogen-bond donors (Lipinski definition) is 0. The van der Waals surface area contributed by atoms with Gasteiger partial charge < -0.3 is 14.1 Å². The van der Waals surface area contributed by atoms with Crippen molar-refractivity contribution in [1.29, 1.82) is 0 Å². The number of carbonyl (C=O) groups is 1. The number of aryl methyl sites for hydroxylation is 1. The molecule has 156 valence electrons. The summed E-state index contributed by atoms with van der Waals surface area (Å²) < 4.78 is 11.7. The zero-order valence-corrected chi connectivity index (χ0v) is 18.1. The van der Waals surface area contributed by atoms with Gasteiger partial charge in [-0.1, -0.05) is 37.6 Å². The van der Waals surface area contributed by atoms with Crippen LogP contribution >= 0.6 is 11.6 Å². The molecule has 4 rings (SSSR count). The van der Waals surface area contributed by atoms with E-state index in [9.17, 15) is 9.59 Å². The van der Waals surface area contributed by atoms with Crippen LogP contribution in [0.2, 0.25) is 5.02 Å². The van der Waals surface area contributed by atoms with E-state index in [1.165, 1.54) is 0 Å². The summed E-state index contributed by atoms with van der Waals surface area (Å²) in [6.07, 6.45) is 1.66. The fourth-order valence-electron chi connectivity index (χ4n) is 3.95. The van der Waals surface area contributed by atoms with E-state index in [0.29, 0.717) is 34.7 Å². The van der Waals surface area contributed by atoms with E-state index < -0.39 is 6.04 Å². The van der Waals surface area contributed by atoms with Gasteiger partial charge in [-0.25, -0.2) is 0 Å². The van der Waals surface area contributed by atoms with Crippen LogP contribution in [0, 0.1) is 6.92 Å². The molecule has 0 saturated carbocycles. The van der Waals surface area contributed by atoms with Gasteiger partial charge in [-0.2, -0.15) is 0 Å². The maximum Gasteiger partial charge on any atom is 0.290 e. The molecule has 1 amide bonds. The van der Waals surface area contributed by atoms with Gasteiger partial charge in [0.2, 0.25) is 5.76 Å². The monoisotopic (exact) mass is 425 g/mol. The Morgan fingerprint density at radius 1 is 1.13 bits per heavy atom. The number of carbonyl (C=O) groups excluding carboxylic acids is 1. The first-order valence-corrected chi connectivity index (χ1v) is 10.6. The third kappa shape index (κ3) is 3.37. The van der Waals surface area contributed by atoms with Gasteiger partial charge in [-0.05, 0) is 55.2 Å². The molecule has 0 N–H and O–H groups in total. The zero-order chi connectivity index (χ0) is 21.4. The van der Waals surface area contributed by atoms with Crippen molar-refractivity contribution in [3.05, 3.63) is 74.1 Å². The van der Waals surface area contributed by atoms with Crippen LogP contribution in [0.3, 0.4) is 0 Å². The molecule has 6 heteroatoms. The Kier molecular flexibility index (Phi) is 5.56. The minimum absolute atomic E-state index is 0.118. The number of fused-ring (bicyclic) bond motifs is 2. The summed E-state index contributed by atoms with van der Waals surface area (Å²) in [5.41, 5.74) is 2.15. The molecule has 0 bridgehead atoms. The minimum Gasteiger partial charge on any atom is -0.494 e. The maximum absolute atomic E-state index is 13.5. The van der Waals surface area contributed by atoms with Gasteiger partial charge in [0.15, 0.2) is 5.43 Å². The van der Waals surface area contributed by atoms with Gasteiger partial charge in [-0.15, -0.1) is 0 Å². The van der Waals surface area contributed by atoms with Crippen LogP contribution in [0.15, 0.2) is 45.6 Å². The van der Waals surface area contributed by atoms with E-state index in [1.54, 1.807) is 17.0 Å². The van der Waals surface area contributed by atoms with Crippen molar-refractivity contribution in [1.82, 2.24) is 4.90 Å². The molecule has 3 aromatic rings. The Morgan fingerprint density at radius 2 is 1.93 bits per heavy atom. The quantitative estimate of drug-likeness (QED) is 0.523. The first kappa shape index (κ1) is 20.5. The summed E-state index contributed by atoms with van der Waals surface area (Å²) in [5.74, 6) is 0.575. The number of halogens is 1. The molecule has 2 aromatic carbocycles. The van der Waals surface area contributed by atoms with Crippen LogP contribution in [0.5, 0.6) is 5.75 Å². The number of nitrogens with zero attached hydrogens (tertiary/aromatic N) is 1. The molecular formula is C24H24ClNO4.